The number of hydrogen-bond acceptors (Lipinski definition) is 4. The summed E-state index contributed by atoms with van der Waals surface area (Å²) in [6.45, 7) is 1.71. The van der Waals surface area contributed by atoms with E-state index in [1.54, 1.807) is 6.92 Å². The van der Waals surface area contributed by atoms with Crippen molar-refractivity contribution in [3.05, 3.63) is 0 Å². The average Bonchev–Trinajstić information content (AvgIpc) is 2.61. The van der Waals surface area contributed by atoms with E-state index in [2.05, 4.69) is 4.99 Å². The maximum Gasteiger partial charge on any atom is 0.225 e. The summed E-state index contributed by atoms with van der Waals surface area (Å²) in [5.41, 5.74) is 5.06. The summed E-state index contributed by atoms with van der Waals surface area (Å²) in [6, 6.07) is 0. The third kappa shape index (κ3) is 3.08. The van der Waals surface area contributed by atoms with Crippen LogP contribution in [0, 0.1) is 5.92 Å². The number of rotatable bonds is 4. The van der Waals surface area contributed by atoms with Gasteiger partial charge in [0, 0.05) is 6.21 Å². The lowest BCUT2D eigenvalue weighted by Gasteiger charge is -2.07. The van der Waals surface area contributed by atoms with Gasteiger partial charge in [0.25, 0.3) is 0 Å². The van der Waals surface area contributed by atoms with E-state index in [4.69, 9.17) is 15.6 Å². The largest absolute Gasteiger partial charge is 0.394 e. The zero-order valence-electron chi connectivity index (χ0n) is 8.22. The lowest BCUT2D eigenvalue weighted by Crippen LogP contribution is -2.22. The molecule has 0 bridgehead atoms. The van der Waals surface area contributed by atoms with E-state index in [-0.39, 0.29) is 24.9 Å². The maximum absolute atomic E-state index is 10.7. The number of aliphatic hydroxyl groups excluding tert-OH is 1. The Labute approximate surface area is 83.0 Å². The van der Waals surface area contributed by atoms with Gasteiger partial charge in [-0.3, -0.25) is 9.79 Å². The minimum absolute atomic E-state index is 0.0252. The molecule has 1 fully saturated rings. The molecule has 0 spiro atoms. The van der Waals surface area contributed by atoms with Gasteiger partial charge in [-0.2, -0.15) is 0 Å². The molecule has 3 atom stereocenters. The maximum atomic E-state index is 10.7. The SMILES string of the molecule is CC(C=NC1CCC(CO)O1)C(N)=O. The van der Waals surface area contributed by atoms with E-state index in [9.17, 15) is 4.79 Å². The molecule has 0 aromatic rings. The number of aliphatic imine (C=N–C) groups is 1. The molecule has 1 saturated heterocycles. The average molecular weight is 200 g/mol. The van der Waals surface area contributed by atoms with E-state index in [0.717, 1.165) is 12.8 Å². The summed E-state index contributed by atoms with van der Waals surface area (Å²) >= 11 is 0. The van der Waals surface area contributed by atoms with Crippen LogP contribution >= 0.6 is 0 Å². The van der Waals surface area contributed by atoms with Crippen molar-refractivity contribution in [2.45, 2.75) is 32.1 Å². The first-order valence-electron chi connectivity index (χ1n) is 4.72. The lowest BCUT2D eigenvalue weighted by atomic mass is 10.2. The molecule has 0 saturated carbocycles. The fourth-order valence-electron chi connectivity index (χ4n) is 1.23. The Morgan fingerprint density at radius 1 is 1.79 bits per heavy atom. The minimum Gasteiger partial charge on any atom is -0.394 e. The molecular formula is C9H16N2O3. The summed E-state index contributed by atoms with van der Waals surface area (Å²) in [5.74, 6) is -0.766. The quantitative estimate of drug-likeness (QED) is 0.610. The molecule has 0 aliphatic carbocycles. The number of hydrogen-bond donors (Lipinski definition) is 2. The van der Waals surface area contributed by atoms with Crippen LogP contribution in [0.15, 0.2) is 4.99 Å². The van der Waals surface area contributed by atoms with Crippen LogP contribution in [0.25, 0.3) is 0 Å². The number of nitrogens with two attached hydrogens (primary N) is 1. The van der Waals surface area contributed by atoms with Crippen molar-refractivity contribution in [3.63, 3.8) is 0 Å². The number of primary amides is 1. The normalized spacial score (nSPS) is 29.6. The number of carbonyl (C=O) groups is 1. The molecule has 80 valence electrons. The van der Waals surface area contributed by atoms with E-state index in [1.165, 1.54) is 6.21 Å². The third-order valence-electron chi connectivity index (χ3n) is 2.21. The predicted octanol–water partition coefficient (Wildman–Crippen LogP) is -0.324. The second-order valence-corrected chi connectivity index (χ2v) is 3.46. The van der Waals surface area contributed by atoms with Crippen molar-refractivity contribution in [3.8, 4) is 0 Å². The zero-order valence-corrected chi connectivity index (χ0v) is 8.22. The van der Waals surface area contributed by atoms with E-state index in [1.807, 2.05) is 0 Å². The highest BCUT2D eigenvalue weighted by atomic mass is 16.5. The highest BCUT2D eigenvalue weighted by Gasteiger charge is 2.23. The molecule has 5 heteroatoms. The summed E-state index contributed by atoms with van der Waals surface area (Å²) in [4.78, 5) is 14.8. The van der Waals surface area contributed by atoms with Gasteiger partial charge < -0.3 is 15.6 Å². The van der Waals surface area contributed by atoms with Gasteiger partial charge in [-0.1, -0.05) is 0 Å². The molecule has 0 aromatic carbocycles. The molecule has 0 radical (unpaired) electrons. The fourth-order valence-corrected chi connectivity index (χ4v) is 1.23. The Morgan fingerprint density at radius 2 is 2.50 bits per heavy atom. The monoisotopic (exact) mass is 200 g/mol. The highest BCUT2D eigenvalue weighted by Crippen LogP contribution is 2.19. The Hall–Kier alpha value is -0.940. The molecule has 1 rings (SSSR count). The lowest BCUT2D eigenvalue weighted by molar-refractivity contribution is -0.119. The van der Waals surface area contributed by atoms with Crippen LogP contribution in [0.1, 0.15) is 19.8 Å². The minimum atomic E-state index is -0.398. The first kappa shape index (κ1) is 11.1. The van der Waals surface area contributed by atoms with Crippen molar-refractivity contribution in [2.24, 2.45) is 16.6 Å². The first-order valence-corrected chi connectivity index (χ1v) is 4.72. The molecule has 3 unspecified atom stereocenters. The van der Waals surface area contributed by atoms with Crippen LogP contribution in [-0.4, -0.2) is 36.2 Å². The molecule has 3 N–H and O–H groups in total. The number of amides is 1. The van der Waals surface area contributed by atoms with Crippen molar-refractivity contribution < 1.29 is 14.6 Å². The number of carbonyl (C=O) groups excluding carboxylic acids is 1. The second-order valence-electron chi connectivity index (χ2n) is 3.46. The van der Waals surface area contributed by atoms with Crippen LogP contribution in [0.5, 0.6) is 0 Å². The second kappa shape index (κ2) is 5.07. The van der Waals surface area contributed by atoms with Crippen molar-refractivity contribution >= 4 is 12.1 Å². The van der Waals surface area contributed by atoms with Crippen molar-refractivity contribution in [2.75, 3.05) is 6.61 Å². The van der Waals surface area contributed by atoms with Gasteiger partial charge in [0.2, 0.25) is 5.91 Å². The molecule has 0 aromatic heterocycles. The summed E-state index contributed by atoms with van der Waals surface area (Å²) in [5, 5.41) is 8.80. The van der Waals surface area contributed by atoms with Gasteiger partial charge in [0.05, 0.1) is 18.6 Å². The third-order valence-corrected chi connectivity index (χ3v) is 2.21. The smallest absolute Gasteiger partial charge is 0.225 e. The number of aliphatic hydroxyl groups is 1. The van der Waals surface area contributed by atoms with Crippen LogP contribution in [0.2, 0.25) is 0 Å². The van der Waals surface area contributed by atoms with Crippen molar-refractivity contribution in [1.82, 2.24) is 0 Å². The van der Waals surface area contributed by atoms with Gasteiger partial charge in [0.1, 0.15) is 6.23 Å². The van der Waals surface area contributed by atoms with Gasteiger partial charge in [-0.25, -0.2) is 0 Å². The first-order chi connectivity index (χ1) is 6.63. The Morgan fingerprint density at radius 3 is 3.00 bits per heavy atom. The summed E-state index contributed by atoms with van der Waals surface area (Å²) in [7, 11) is 0. The van der Waals surface area contributed by atoms with Crippen molar-refractivity contribution in [1.29, 1.82) is 0 Å². The highest BCUT2D eigenvalue weighted by molar-refractivity contribution is 5.91. The number of nitrogens with zero attached hydrogens (tertiary/aromatic N) is 1. The van der Waals surface area contributed by atoms with Gasteiger partial charge >= 0.3 is 0 Å². The molecule has 1 amide bonds. The summed E-state index contributed by atoms with van der Waals surface area (Å²) in [6.07, 6.45) is 2.76. The predicted molar refractivity (Wildman–Crippen MR) is 51.8 cm³/mol. The molecule has 5 nitrogen and oxygen atoms in total. The zero-order chi connectivity index (χ0) is 10.6. The standard InChI is InChI=1S/C9H16N2O3/c1-6(9(10)13)4-11-8-3-2-7(5-12)14-8/h4,6-8,12H,2-3,5H2,1H3,(H2,10,13). The fraction of sp³-hybridized carbons (Fsp3) is 0.778. The van der Waals surface area contributed by atoms with E-state index < -0.39 is 5.91 Å². The van der Waals surface area contributed by atoms with Crippen LogP contribution in [-0.2, 0) is 9.53 Å². The Balaban J connectivity index is 2.35. The van der Waals surface area contributed by atoms with Gasteiger partial charge in [-0.15, -0.1) is 0 Å². The summed E-state index contributed by atoms with van der Waals surface area (Å²) < 4.78 is 5.34. The molecule has 1 heterocycles. The molecular weight excluding hydrogens is 184 g/mol. The van der Waals surface area contributed by atoms with Crippen LogP contribution in [0.4, 0.5) is 0 Å². The van der Waals surface area contributed by atoms with E-state index >= 15 is 0 Å². The Bertz CT molecular complexity index is 230. The molecule has 14 heavy (non-hydrogen) atoms. The molecule has 1 aliphatic rings. The van der Waals surface area contributed by atoms with Crippen LogP contribution in [0.3, 0.4) is 0 Å². The van der Waals surface area contributed by atoms with Gasteiger partial charge in [-0.05, 0) is 19.8 Å². The molecule has 1 aliphatic heterocycles. The Kier molecular flexibility index (Phi) is 4.03. The topological polar surface area (TPSA) is 84.9 Å². The van der Waals surface area contributed by atoms with Crippen LogP contribution < -0.4 is 5.73 Å². The van der Waals surface area contributed by atoms with Gasteiger partial charge in [0.15, 0.2) is 0 Å². The number of ether oxygens (including phenoxy) is 1. The van der Waals surface area contributed by atoms with E-state index in [0.29, 0.717) is 0 Å².